The molecule has 3 aromatic rings. The van der Waals surface area contributed by atoms with Crippen LogP contribution in [0.5, 0.6) is 0 Å². The lowest BCUT2D eigenvalue weighted by molar-refractivity contribution is 0.0748. The van der Waals surface area contributed by atoms with Gasteiger partial charge in [-0.2, -0.15) is 0 Å². The molecular formula is C22H23N3O2. The molecule has 1 aromatic heterocycles. The molecule has 0 bridgehead atoms. The highest BCUT2D eigenvalue weighted by atomic mass is 16.2. The maximum Gasteiger partial charge on any atom is 0.258 e. The van der Waals surface area contributed by atoms with Crippen molar-refractivity contribution >= 4 is 16.8 Å². The summed E-state index contributed by atoms with van der Waals surface area (Å²) in [6, 6.07) is 13.3. The number of nitrogens with one attached hydrogen (secondary N) is 1. The van der Waals surface area contributed by atoms with Gasteiger partial charge in [0.2, 0.25) is 0 Å². The zero-order chi connectivity index (χ0) is 18.8. The van der Waals surface area contributed by atoms with Crippen LogP contribution in [-0.4, -0.2) is 27.3 Å². The summed E-state index contributed by atoms with van der Waals surface area (Å²) in [5.41, 5.74) is 3.84. The number of fused-ring (bicyclic) bond motifs is 2. The molecule has 0 saturated carbocycles. The van der Waals surface area contributed by atoms with Crippen LogP contribution in [0.1, 0.15) is 47.1 Å². The Morgan fingerprint density at radius 1 is 1.11 bits per heavy atom. The standard InChI is InChI=1S/C22H23N3O2/c1-2-25(14-20-23-19-10-6-5-9-18(19)21(26)24-20)22(27)17-12-11-15-7-3-4-8-16(15)13-17/h5-6,9-13H,2-4,7-8,14H2,1H3,(H,23,24,26). The highest BCUT2D eigenvalue weighted by Gasteiger charge is 2.18. The summed E-state index contributed by atoms with van der Waals surface area (Å²) in [4.78, 5) is 34.3. The Kier molecular flexibility index (Phi) is 4.75. The first kappa shape index (κ1) is 17.5. The van der Waals surface area contributed by atoms with Gasteiger partial charge in [-0.3, -0.25) is 9.59 Å². The maximum absolute atomic E-state index is 13.0. The zero-order valence-corrected chi connectivity index (χ0v) is 15.5. The van der Waals surface area contributed by atoms with Crippen molar-refractivity contribution in [3.63, 3.8) is 0 Å². The summed E-state index contributed by atoms with van der Waals surface area (Å²) >= 11 is 0. The lowest BCUT2D eigenvalue weighted by Gasteiger charge is -2.22. The summed E-state index contributed by atoms with van der Waals surface area (Å²) in [5, 5.41) is 0.560. The predicted molar refractivity (Wildman–Crippen MR) is 106 cm³/mol. The molecule has 0 aliphatic heterocycles. The van der Waals surface area contributed by atoms with Crippen LogP contribution >= 0.6 is 0 Å². The highest BCUT2D eigenvalue weighted by Crippen LogP contribution is 2.23. The number of aromatic amines is 1. The van der Waals surface area contributed by atoms with Crippen LogP contribution in [0.15, 0.2) is 47.3 Å². The summed E-state index contributed by atoms with van der Waals surface area (Å²) < 4.78 is 0. The van der Waals surface area contributed by atoms with E-state index in [2.05, 4.69) is 16.0 Å². The van der Waals surface area contributed by atoms with Crippen LogP contribution in [0.25, 0.3) is 10.9 Å². The van der Waals surface area contributed by atoms with Gasteiger partial charge in [0.05, 0.1) is 17.4 Å². The Morgan fingerprint density at radius 2 is 1.89 bits per heavy atom. The third kappa shape index (κ3) is 3.50. The molecule has 0 unspecified atom stereocenters. The zero-order valence-electron chi connectivity index (χ0n) is 15.5. The summed E-state index contributed by atoms with van der Waals surface area (Å²) in [6.45, 7) is 2.77. The molecule has 0 saturated heterocycles. The van der Waals surface area contributed by atoms with E-state index >= 15 is 0 Å². The molecule has 0 fully saturated rings. The molecule has 0 radical (unpaired) electrons. The molecule has 0 atom stereocenters. The minimum absolute atomic E-state index is 0.0262. The van der Waals surface area contributed by atoms with Gasteiger partial charge in [0.15, 0.2) is 0 Å². The van der Waals surface area contributed by atoms with Gasteiger partial charge in [-0.05, 0) is 68.0 Å². The third-order valence-corrected chi connectivity index (χ3v) is 5.27. The van der Waals surface area contributed by atoms with Crippen molar-refractivity contribution in [2.24, 2.45) is 0 Å². The summed E-state index contributed by atoms with van der Waals surface area (Å²) in [5.74, 6) is 0.480. The first-order valence-corrected chi connectivity index (χ1v) is 9.54. The first-order valence-electron chi connectivity index (χ1n) is 9.54. The van der Waals surface area contributed by atoms with Gasteiger partial charge in [0.1, 0.15) is 5.82 Å². The molecule has 0 spiro atoms. The minimum atomic E-state index is -0.173. The van der Waals surface area contributed by atoms with Crippen molar-refractivity contribution in [1.29, 1.82) is 0 Å². The van der Waals surface area contributed by atoms with Gasteiger partial charge in [-0.1, -0.05) is 18.2 Å². The Hall–Kier alpha value is -2.95. The molecule has 1 aliphatic rings. The fourth-order valence-electron chi connectivity index (χ4n) is 3.77. The number of rotatable bonds is 4. The van der Waals surface area contributed by atoms with E-state index in [-0.39, 0.29) is 18.0 Å². The van der Waals surface area contributed by atoms with E-state index in [0.717, 1.165) is 12.8 Å². The largest absolute Gasteiger partial charge is 0.331 e. The number of hydrogen-bond acceptors (Lipinski definition) is 3. The average Bonchev–Trinajstić information content (AvgIpc) is 2.71. The van der Waals surface area contributed by atoms with Crippen LogP contribution in [0.2, 0.25) is 0 Å². The minimum Gasteiger partial charge on any atom is -0.331 e. The van der Waals surface area contributed by atoms with E-state index in [1.807, 2.05) is 37.3 Å². The molecule has 1 N–H and O–H groups in total. The third-order valence-electron chi connectivity index (χ3n) is 5.27. The second-order valence-electron chi connectivity index (χ2n) is 7.04. The van der Waals surface area contributed by atoms with Crippen LogP contribution in [-0.2, 0) is 19.4 Å². The van der Waals surface area contributed by atoms with Gasteiger partial charge in [-0.25, -0.2) is 4.98 Å². The quantitative estimate of drug-likeness (QED) is 0.774. The second kappa shape index (κ2) is 7.35. The van der Waals surface area contributed by atoms with Crippen molar-refractivity contribution in [3.8, 4) is 0 Å². The Labute approximate surface area is 158 Å². The SMILES string of the molecule is CCN(Cc1nc2ccccc2c(=O)[nH]1)C(=O)c1ccc2c(c1)CCCC2. The molecule has 1 aliphatic carbocycles. The van der Waals surface area contributed by atoms with Crippen molar-refractivity contribution in [2.75, 3.05) is 6.54 Å². The van der Waals surface area contributed by atoms with Gasteiger partial charge >= 0.3 is 0 Å². The number of carbonyl (C=O) groups excluding carboxylic acids is 1. The normalized spacial score (nSPS) is 13.4. The van der Waals surface area contributed by atoms with E-state index < -0.39 is 0 Å². The molecule has 5 nitrogen and oxygen atoms in total. The number of hydrogen-bond donors (Lipinski definition) is 1. The molecule has 27 heavy (non-hydrogen) atoms. The number of aryl methyl sites for hydroxylation is 2. The lowest BCUT2D eigenvalue weighted by Crippen LogP contribution is -2.32. The number of aromatic nitrogens is 2. The fraction of sp³-hybridized carbons (Fsp3) is 0.318. The molecule has 4 rings (SSSR count). The van der Waals surface area contributed by atoms with E-state index in [1.165, 1.54) is 24.0 Å². The second-order valence-corrected chi connectivity index (χ2v) is 7.04. The van der Waals surface area contributed by atoms with E-state index in [4.69, 9.17) is 0 Å². The van der Waals surface area contributed by atoms with Gasteiger partial charge < -0.3 is 9.88 Å². The number of benzene rings is 2. The number of carbonyl (C=O) groups is 1. The maximum atomic E-state index is 13.0. The molecule has 5 heteroatoms. The van der Waals surface area contributed by atoms with E-state index in [1.54, 1.807) is 11.0 Å². The van der Waals surface area contributed by atoms with Crippen molar-refractivity contribution < 1.29 is 4.79 Å². The van der Waals surface area contributed by atoms with Crippen molar-refractivity contribution in [1.82, 2.24) is 14.9 Å². The Balaban J connectivity index is 1.60. The van der Waals surface area contributed by atoms with Crippen LogP contribution in [0, 0.1) is 0 Å². The van der Waals surface area contributed by atoms with Gasteiger partial charge in [0.25, 0.3) is 11.5 Å². The van der Waals surface area contributed by atoms with Crippen LogP contribution in [0.4, 0.5) is 0 Å². The summed E-state index contributed by atoms with van der Waals surface area (Å²) in [7, 11) is 0. The molecular weight excluding hydrogens is 338 g/mol. The number of amides is 1. The number of H-pyrrole nitrogens is 1. The summed E-state index contributed by atoms with van der Waals surface area (Å²) in [6.07, 6.45) is 4.55. The lowest BCUT2D eigenvalue weighted by atomic mass is 9.90. The fourth-order valence-corrected chi connectivity index (χ4v) is 3.77. The van der Waals surface area contributed by atoms with Crippen LogP contribution < -0.4 is 5.56 Å². The smallest absolute Gasteiger partial charge is 0.258 e. The van der Waals surface area contributed by atoms with Gasteiger partial charge in [0, 0.05) is 12.1 Å². The Morgan fingerprint density at radius 3 is 2.70 bits per heavy atom. The molecule has 2 aromatic carbocycles. The first-order chi connectivity index (χ1) is 13.2. The van der Waals surface area contributed by atoms with Crippen LogP contribution in [0.3, 0.4) is 0 Å². The van der Waals surface area contributed by atoms with Crippen molar-refractivity contribution in [3.05, 3.63) is 75.3 Å². The van der Waals surface area contributed by atoms with Gasteiger partial charge in [-0.15, -0.1) is 0 Å². The predicted octanol–water partition coefficient (Wildman–Crippen LogP) is 3.46. The highest BCUT2D eigenvalue weighted by molar-refractivity contribution is 5.94. The molecule has 1 amide bonds. The Bertz CT molecular complexity index is 1050. The molecule has 138 valence electrons. The monoisotopic (exact) mass is 361 g/mol. The molecule has 1 heterocycles. The topological polar surface area (TPSA) is 66.1 Å². The number of para-hydroxylation sites is 1. The van der Waals surface area contributed by atoms with Crippen molar-refractivity contribution in [2.45, 2.75) is 39.2 Å². The van der Waals surface area contributed by atoms with E-state index in [9.17, 15) is 9.59 Å². The number of nitrogens with zero attached hydrogens (tertiary/aromatic N) is 2. The van der Waals surface area contributed by atoms with E-state index in [0.29, 0.717) is 28.8 Å². The average molecular weight is 361 g/mol.